The van der Waals surface area contributed by atoms with Crippen molar-refractivity contribution in [3.63, 3.8) is 0 Å². The van der Waals surface area contributed by atoms with Crippen molar-refractivity contribution in [3.8, 4) is 5.75 Å². The van der Waals surface area contributed by atoms with Crippen LogP contribution in [0, 0.1) is 11.6 Å². The summed E-state index contributed by atoms with van der Waals surface area (Å²) in [5.74, 6) is -2.00. The summed E-state index contributed by atoms with van der Waals surface area (Å²) in [6.07, 6.45) is -0.761. The Balaban J connectivity index is 1.69. The van der Waals surface area contributed by atoms with E-state index >= 15 is 0 Å². The molecule has 0 fully saturated rings. The van der Waals surface area contributed by atoms with E-state index in [9.17, 15) is 18.4 Å². The summed E-state index contributed by atoms with van der Waals surface area (Å²) in [5.41, 5.74) is 3.65. The lowest BCUT2D eigenvalue weighted by molar-refractivity contribution is -0.155. The Kier molecular flexibility index (Phi) is 11.3. The average Bonchev–Trinajstić information content (AvgIpc) is 3.38. The molecule has 1 aliphatic rings. The van der Waals surface area contributed by atoms with E-state index < -0.39 is 40.8 Å². The van der Waals surface area contributed by atoms with Gasteiger partial charge in [-0.05, 0) is 81.3 Å². The summed E-state index contributed by atoms with van der Waals surface area (Å²) in [4.78, 5) is 31.8. The highest BCUT2D eigenvalue weighted by Crippen LogP contribution is 2.43. The predicted octanol–water partition coefficient (Wildman–Crippen LogP) is 5.69. The van der Waals surface area contributed by atoms with Gasteiger partial charge in [-0.25, -0.2) is 19.2 Å². The molecule has 3 aromatic rings. The molecular formula is C33H36BrF2N3O6. The number of hydrogen-bond acceptors (Lipinski definition) is 8. The SMILES string of the molecule is CC(C)(C)OC(=O)CC[C@]1(C(=O)NNCc2c(F)cccc2F)N=C(c2ccc(OCCCO)cc2)O[C@H]1c1ccc(Br)cc1. The zero-order chi connectivity index (χ0) is 32.6. The number of halogens is 3. The number of benzene rings is 3. The number of amides is 1. The van der Waals surface area contributed by atoms with E-state index in [2.05, 4.69) is 26.8 Å². The standard InChI is InChI=1S/C33H36BrF2N3O6/c1-32(2,3)45-28(41)16-17-33(31(42)39-37-20-25-26(35)6-4-7-27(25)36)29(21-8-12-23(34)13-9-21)44-30(38-33)22-10-14-24(15-11-22)43-19-5-18-40/h4,6-15,29,37,40H,5,16-20H2,1-3H3,(H,39,42)/t29-,33-/m0/s1. The van der Waals surface area contributed by atoms with Gasteiger partial charge in [-0.15, -0.1) is 0 Å². The van der Waals surface area contributed by atoms with E-state index in [0.29, 0.717) is 29.9 Å². The molecular weight excluding hydrogens is 652 g/mol. The highest BCUT2D eigenvalue weighted by Gasteiger charge is 2.53. The summed E-state index contributed by atoms with van der Waals surface area (Å²) >= 11 is 3.43. The number of aliphatic hydroxyl groups excluding tert-OH is 1. The van der Waals surface area contributed by atoms with Crippen LogP contribution in [0.25, 0.3) is 0 Å². The Morgan fingerprint density at radius 2 is 1.71 bits per heavy atom. The number of carbonyl (C=O) groups is 2. The normalized spacial score (nSPS) is 17.8. The van der Waals surface area contributed by atoms with Gasteiger partial charge in [-0.3, -0.25) is 15.0 Å². The molecule has 0 radical (unpaired) electrons. The van der Waals surface area contributed by atoms with Crippen LogP contribution in [0.1, 0.15) is 62.8 Å². The summed E-state index contributed by atoms with van der Waals surface area (Å²) in [7, 11) is 0. The first-order chi connectivity index (χ1) is 21.4. The molecule has 1 amide bonds. The maximum absolute atomic E-state index is 14.3. The van der Waals surface area contributed by atoms with E-state index in [1.807, 2.05) is 0 Å². The second-order valence-corrected chi connectivity index (χ2v) is 12.4. The van der Waals surface area contributed by atoms with Gasteiger partial charge in [0, 0.05) is 41.6 Å². The average molecular weight is 689 g/mol. The molecule has 0 aromatic heterocycles. The molecule has 3 N–H and O–H groups in total. The molecule has 0 spiro atoms. The third-order valence-electron chi connectivity index (χ3n) is 6.86. The minimum atomic E-state index is -1.68. The van der Waals surface area contributed by atoms with Crippen LogP contribution in [0.15, 0.2) is 76.2 Å². The molecule has 0 saturated heterocycles. The van der Waals surface area contributed by atoms with E-state index in [-0.39, 0.29) is 37.5 Å². The Hall–Kier alpha value is -3.87. The fourth-order valence-corrected chi connectivity index (χ4v) is 4.98. The number of esters is 1. The molecule has 4 rings (SSSR count). The fourth-order valence-electron chi connectivity index (χ4n) is 4.72. The van der Waals surface area contributed by atoms with Gasteiger partial charge in [0.2, 0.25) is 5.90 Å². The number of rotatable bonds is 13. The highest BCUT2D eigenvalue weighted by atomic mass is 79.9. The molecule has 0 bridgehead atoms. The Morgan fingerprint density at radius 3 is 2.33 bits per heavy atom. The first kappa shape index (κ1) is 34.0. The Labute approximate surface area is 269 Å². The van der Waals surface area contributed by atoms with Crippen LogP contribution in [0.5, 0.6) is 5.75 Å². The number of hydrazine groups is 1. The highest BCUT2D eigenvalue weighted by molar-refractivity contribution is 9.10. The number of nitrogens with one attached hydrogen (secondary N) is 2. The van der Waals surface area contributed by atoms with Crippen molar-refractivity contribution < 1.29 is 37.7 Å². The lowest BCUT2D eigenvalue weighted by Gasteiger charge is -2.31. The van der Waals surface area contributed by atoms with Crippen LogP contribution >= 0.6 is 15.9 Å². The number of ether oxygens (including phenoxy) is 3. The summed E-state index contributed by atoms with van der Waals surface area (Å²) in [6.45, 7) is 5.25. The number of nitrogens with zero attached hydrogens (tertiary/aromatic N) is 1. The number of aliphatic imine (C=N–C) groups is 1. The van der Waals surface area contributed by atoms with Gasteiger partial charge in [0.05, 0.1) is 6.61 Å². The second-order valence-electron chi connectivity index (χ2n) is 11.4. The van der Waals surface area contributed by atoms with Gasteiger partial charge in [-0.1, -0.05) is 34.1 Å². The van der Waals surface area contributed by atoms with Crippen molar-refractivity contribution in [2.75, 3.05) is 13.2 Å². The molecule has 0 saturated carbocycles. The van der Waals surface area contributed by atoms with Crippen LogP contribution in [0.3, 0.4) is 0 Å². The van der Waals surface area contributed by atoms with Gasteiger partial charge in [0.15, 0.2) is 11.6 Å². The Bertz CT molecular complexity index is 1490. The Morgan fingerprint density at radius 1 is 1.04 bits per heavy atom. The lowest BCUT2D eigenvalue weighted by atomic mass is 9.83. The third-order valence-corrected chi connectivity index (χ3v) is 7.39. The molecule has 2 atom stereocenters. The van der Waals surface area contributed by atoms with Gasteiger partial charge in [0.25, 0.3) is 5.91 Å². The quantitative estimate of drug-likeness (QED) is 0.120. The zero-order valence-corrected chi connectivity index (χ0v) is 26.8. The smallest absolute Gasteiger partial charge is 0.306 e. The molecule has 9 nitrogen and oxygen atoms in total. The first-order valence-corrected chi connectivity index (χ1v) is 15.3. The van der Waals surface area contributed by atoms with Crippen LogP contribution < -0.4 is 15.6 Å². The molecule has 3 aromatic carbocycles. The largest absolute Gasteiger partial charge is 0.494 e. The maximum atomic E-state index is 14.3. The molecule has 0 unspecified atom stereocenters. The van der Waals surface area contributed by atoms with Gasteiger partial charge in [0.1, 0.15) is 23.0 Å². The van der Waals surface area contributed by atoms with Gasteiger partial charge >= 0.3 is 5.97 Å². The van der Waals surface area contributed by atoms with E-state index in [4.69, 9.17) is 24.3 Å². The zero-order valence-electron chi connectivity index (χ0n) is 25.2. The topological polar surface area (TPSA) is 118 Å². The van der Waals surface area contributed by atoms with E-state index in [0.717, 1.165) is 16.6 Å². The monoisotopic (exact) mass is 687 g/mol. The molecule has 240 valence electrons. The van der Waals surface area contributed by atoms with Crippen molar-refractivity contribution in [2.45, 2.75) is 63.8 Å². The van der Waals surface area contributed by atoms with Crippen LogP contribution in [-0.2, 0) is 25.6 Å². The van der Waals surface area contributed by atoms with Gasteiger partial charge in [-0.2, -0.15) is 0 Å². The van der Waals surface area contributed by atoms with Crippen molar-refractivity contribution in [1.29, 1.82) is 0 Å². The maximum Gasteiger partial charge on any atom is 0.306 e. The molecule has 45 heavy (non-hydrogen) atoms. The fraction of sp³-hybridized carbons (Fsp3) is 0.364. The lowest BCUT2D eigenvalue weighted by Crippen LogP contribution is -2.52. The second kappa shape index (κ2) is 14.9. The molecule has 12 heteroatoms. The summed E-state index contributed by atoms with van der Waals surface area (Å²) in [5, 5.41) is 9.02. The van der Waals surface area contributed by atoms with Crippen LogP contribution in [-0.4, -0.2) is 47.2 Å². The van der Waals surface area contributed by atoms with Crippen molar-refractivity contribution in [2.24, 2.45) is 4.99 Å². The third kappa shape index (κ3) is 8.86. The number of hydrogen-bond donors (Lipinski definition) is 3. The minimum absolute atomic E-state index is 0.0116. The van der Waals surface area contributed by atoms with Crippen molar-refractivity contribution >= 4 is 33.7 Å². The molecule has 1 heterocycles. The van der Waals surface area contributed by atoms with Crippen LogP contribution in [0.4, 0.5) is 8.78 Å². The van der Waals surface area contributed by atoms with Crippen molar-refractivity contribution in [1.82, 2.24) is 10.9 Å². The van der Waals surface area contributed by atoms with Crippen molar-refractivity contribution in [3.05, 3.63) is 99.5 Å². The first-order valence-electron chi connectivity index (χ1n) is 14.5. The van der Waals surface area contributed by atoms with E-state index in [1.54, 1.807) is 69.3 Å². The molecule has 0 aliphatic carbocycles. The summed E-state index contributed by atoms with van der Waals surface area (Å²) in [6, 6.07) is 17.6. The molecule has 1 aliphatic heterocycles. The van der Waals surface area contributed by atoms with Crippen LogP contribution in [0.2, 0.25) is 0 Å². The van der Waals surface area contributed by atoms with E-state index in [1.165, 1.54) is 6.07 Å². The number of carbonyl (C=O) groups excluding carboxylic acids is 2. The number of aliphatic hydroxyl groups is 1. The minimum Gasteiger partial charge on any atom is -0.494 e. The van der Waals surface area contributed by atoms with Gasteiger partial charge < -0.3 is 19.3 Å². The predicted molar refractivity (Wildman–Crippen MR) is 167 cm³/mol. The summed E-state index contributed by atoms with van der Waals surface area (Å²) < 4.78 is 46.8.